The first-order valence-electron chi connectivity index (χ1n) is 11.2. The molecule has 0 aromatic rings. The summed E-state index contributed by atoms with van der Waals surface area (Å²) in [4.78, 5) is 7.20. The Morgan fingerprint density at radius 1 is 1.00 bits per heavy atom. The molecular formula is C21H41N3O4. The Labute approximate surface area is 170 Å². The lowest BCUT2D eigenvalue weighted by Crippen LogP contribution is -2.57. The Balaban J connectivity index is 1.39. The molecule has 3 heterocycles. The van der Waals surface area contributed by atoms with Gasteiger partial charge < -0.3 is 29.5 Å². The number of likely N-dealkylation sites (N-methyl/N-ethyl adjacent to an activating group) is 1. The molecule has 7 nitrogen and oxygen atoms in total. The Morgan fingerprint density at radius 2 is 1.79 bits per heavy atom. The molecular weight excluding hydrogens is 358 g/mol. The number of likely N-dealkylation sites (tertiary alicyclic amines) is 2. The summed E-state index contributed by atoms with van der Waals surface area (Å²) < 4.78 is 11.2. The third kappa shape index (κ3) is 6.36. The molecule has 3 aliphatic heterocycles. The molecule has 0 amide bonds. The fraction of sp³-hybridized carbons (Fsp3) is 1.00. The number of rotatable bonds is 8. The second-order valence-corrected chi connectivity index (χ2v) is 9.21. The summed E-state index contributed by atoms with van der Waals surface area (Å²) in [7, 11) is 1.65. The fourth-order valence-corrected chi connectivity index (χ4v) is 5.05. The van der Waals surface area contributed by atoms with E-state index in [9.17, 15) is 10.2 Å². The molecule has 0 bridgehead atoms. The van der Waals surface area contributed by atoms with Crippen LogP contribution < -0.4 is 0 Å². The molecule has 2 atom stereocenters. The van der Waals surface area contributed by atoms with Crippen molar-refractivity contribution in [2.24, 2.45) is 0 Å². The Morgan fingerprint density at radius 3 is 2.50 bits per heavy atom. The van der Waals surface area contributed by atoms with Gasteiger partial charge in [-0.1, -0.05) is 6.92 Å². The van der Waals surface area contributed by atoms with Crippen LogP contribution in [0.1, 0.15) is 39.0 Å². The predicted octanol–water partition coefficient (Wildman–Crippen LogP) is 0.397. The summed E-state index contributed by atoms with van der Waals surface area (Å²) in [6.45, 7) is 11.7. The van der Waals surface area contributed by atoms with Crippen LogP contribution in [0.4, 0.5) is 0 Å². The van der Waals surface area contributed by atoms with Gasteiger partial charge in [0, 0.05) is 52.9 Å². The number of ether oxygens (including phenoxy) is 2. The molecule has 164 valence electrons. The van der Waals surface area contributed by atoms with Gasteiger partial charge in [0.15, 0.2) is 0 Å². The van der Waals surface area contributed by atoms with Gasteiger partial charge in [0.2, 0.25) is 0 Å². The first-order chi connectivity index (χ1) is 13.4. The van der Waals surface area contributed by atoms with Crippen LogP contribution in [-0.2, 0) is 9.47 Å². The standard InChI is InChI=1S/C21H41N3O4/c1-3-22-9-4-6-21(26,16-22)17-24-13-14-28-19(15-24)5-10-23-11-7-20(25,8-12-23)18-27-2/h19,25-26H,3-18H2,1-2H3/t19?,21-/m1/s1. The second kappa shape index (κ2) is 10.2. The van der Waals surface area contributed by atoms with Crippen LogP contribution >= 0.6 is 0 Å². The molecule has 3 saturated heterocycles. The highest BCUT2D eigenvalue weighted by atomic mass is 16.5. The lowest BCUT2D eigenvalue weighted by molar-refractivity contribution is -0.0920. The monoisotopic (exact) mass is 399 g/mol. The highest BCUT2D eigenvalue weighted by molar-refractivity contribution is 4.91. The van der Waals surface area contributed by atoms with E-state index in [2.05, 4.69) is 21.6 Å². The summed E-state index contributed by atoms with van der Waals surface area (Å²) in [5.41, 5.74) is -1.22. The van der Waals surface area contributed by atoms with E-state index in [1.54, 1.807) is 7.11 Å². The van der Waals surface area contributed by atoms with Crippen molar-refractivity contribution in [2.75, 3.05) is 79.2 Å². The van der Waals surface area contributed by atoms with Crippen molar-refractivity contribution in [1.29, 1.82) is 0 Å². The van der Waals surface area contributed by atoms with Crippen molar-refractivity contribution in [3.8, 4) is 0 Å². The van der Waals surface area contributed by atoms with E-state index in [0.29, 0.717) is 6.61 Å². The minimum atomic E-state index is -0.648. The number of aliphatic hydroxyl groups is 2. The predicted molar refractivity (Wildman–Crippen MR) is 110 cm³/mol. The topological polar surface area (TPSA) is 68.6 Å². The van der Waals surface area contributed by atoms with Crippen LogP contribution in [-0.4, -0.2) is 121 Å². The normalized spacial score (nSPS) is 33.2. The third-order valence-electron chi connectivity index (χ3n) is 6.79. The SMILES string of the molecule is CCN1CCC[C@](O)(CN2CCOC(CCN3CCC(O)(COC)CC3)C2)C1. The average Bonchev–Trinajstić information content (AvgIpc) is 2.67. The van der Waals surface area contributed by atoms with Crippen LogP contribution in [0.25, 0.3) is 0 Å². The zero-order valence-electron chi connectivity index (χ0n) is 17.9. The van der Waals surface area contributed by atoms with E-state index in [0.717, 1.165) is 97.6 Å². The van der Waals surface area contributed by atoms with Gasteiger partial charge in [-0.3, -0.25) is 4.90 Å². The van der Waals surface area contributed by atoms with E-state index >= 15 is 0 Å². The molecule has 0 aromatic heterocycles. The maximum Gasteiger partial charge on any atom is 0.0904 e. The molecule has 0 aromatic carbocycles. The summed E-state index contributed by atoms with van der Waals surface area (Å²) in [6, 6.07) is 0. The van der Waals surface area contributed by atoms with Crippen LogP contribution in [0.3, 0.4) is 0 Å². The van der Waals surface area contributed by atoms with E-state index in [1.807, 2.05) is 0 Å². The van der Waals surface area contributed by atoms with Gasteiger partial charge >= 0.3 is 0 Å². The number of hydrogen-bond acceptors (Lipinski definition) is 7. The second-order valence-electron chi connectivity index (χ2n) is 9.21. The van der Waals surface area contributed by atoms with E-state index < -0.39 is 11.2 Å². The smallest absolute Gasteiger partial charge is 0.0904 e. The number of methoxy groups -OCH3 is 1. The molecule has 0 radical (unpaired) electrons. The molecule has 1 unspecified atom stereocenters. The number of morpholine rings is 1. The Hall–Kier alpha value is -0.280. The van der Waals surface area contributed by atoms with E-state index in [1.165, 1.54) is 0 Å². The van der Waals surface area contributed by atoms with Crippen molar-refractivity contribution in [1.82, 2.24) is 14.7 Å². The van der Waals surface area contributed by atoms with Gasteiger partial charge in [-0.2, -0.15) is 0 Å². The Bertz CT molecular complexity index is 473. The molecule has 0 spiro atoms. The van der Waals surface area contributed by atoms with Crippen molar-refractivity contribution >= 4 is 0 Å². The number of nitrogens with zero attached hydrogens (tertiary/aromatic N) is 3. The lowest BCUT2D eigenvalue weighted by Gasteiger charge is -2.44. The van der Waals surface area contributed by atoms with Gasteiger partial charge in [0.25, 0.3) is 0 Å². The molecule has 2 N–H and O–H groups in total. The number of piperidine rings is 2. The van der Waals surface area contributed by atoms with Gasteiger partial charge in [0.1, 0.15) is 0 Å². The fourth-order valence-electron chi connectivity index (χ4n) is 5.05. The number of hydrogen-bond donors (Lipinski definition) is 2. The zero-order chi connectivity index (χ0) is 20.0. The first kappa shape index (κ1) is 22.4. The van der Waals surface area contributed by atoms with Crippen molar-refractivity contribution in [3.05, 3.63) is 0 Å². The maximum absolute atomic E-state index is 11.1. The summed E-state index contributed by atoms with van der Waals surface area (Å²) in [6.07, 6.45) is 4.80. The molecule has 28 heavy (non-hydrogen) atoms. The van der Waals surface area contributed by atoms with Gasteiger partial charge in [-0.05, 0) is 45.2 Å². The largest absolute Gasteiger partial charge is 0.387 e. The third-order valence-corrected chi connectivity index (χ3v) is 6.79. The highest BCUT2D eigenvalue weighted by Gasteiger charge is 2.36. The maximum atomic E-state index is 11.1. The summed E-state index contributed by atoms with van der Waals surface area (Å²) in [5, 5.41) is 21.5. The van der Waals surface area contributed by atoms with E-state index in [4.69, 9.17) is 9.47 Å². The first-order valence-corrected chi connectivity index (χ1v) is 11.2. The molecule has 0 aliphatic carbocycles. The molecule has 3 fully saturated rings. The zero-order valence-corrected chi connectivity index (χ0v) is 17.9. The number of β-amino-alcohol motifs (C(OH)–C–C–N with tert-alkyl or cyclic N) is 1. The quantitative estimate of drug-likeness (QED) is 0.612. The minimum Gasteiger partial charge on any atom is -0.387 e. The molecule has 7 heteroatoms. The summed E-state index contributed by atoms with van der Waals surface area (Å²) in [5.74, 6) is 0. The highest BCUT2D eigenvalue weighted by Crippen LogP contribution is 2.25. The molecule has 0 saturated carbocycles. The van der Waals surface area contributed by atoms with Gasteiger partial charge in [0.05, 0.1) is 30.5 Å². The van der Waals surface area contributed by atoms with Crippen molar-refractivity contribution in [2.45, 2.75) is 56.3 Å². The van der Waals surface area contributed by atoms with Crippen molar-refractivity contribution < 1.29 is 19.7 Å². The van der Waals surface area contributed by atoms with Crippen LogP contribution in [0.5, 0.6) is 0 Å². The molecule has 3 aliphatic rings. The Kier molecular flexibility index (Phi) is 8.13. The van der Waals surface area contributed by atoms with Crippen molar-refractivity contribution in [3.63, 3.8) is 0 Å². The minimum absolute atomic E-state index is 0.239. The average molecular weight is 400 g/mol. The summed E-state index contributed by atoms with van der Waals surface area (Å²) >= 11 is 0. The lowest BCUT2D eigenvalue weighted by atomic mass is 9.91. The van der Waals surface area contributed by atoms with Crippen LogP contribution in [0.2, 0.25) is 0 Å². The van der Waals surface area contributed by atoms with Gasteiger partial charge in [-0.15, -0.1) is 0 Å². The molecule has 3 rings (SSSR count). The van der Waals surface area contributed by atoms with Crippen LogP contribution in [0, 0.1) is 0 Å². The van der Waals surface area contributed by atoms with Crippen LogP contribution in [0.15, 0.2) is 0 Å². The van der Waals surface area contributed by atoms with Gasteiger partial charge in [-0.25, -0.2) is 0 Å². The van der Waals surface area contributed by atoms with E-state index in [-0.39, 0.29) is 6.10 Å².